The molecule has 0 amide bonds. The second-order valence-electron chi connectivity index (χ2n) is 19.9. The van der Waals surface area contributed by atoms with Crippen molar-refractivity contribution in [1.29, 1.82) is 0 Å². The third kappa shape index (κ3) is 58.8. The molecule has 416 valence electrons. The van der Waals surface area contributed by atoms with Crippen molar-refractivity contribution in [3.8, 4) is 0 Å². The lowest BCUT2D eigenvalue weighted by atomic mass is 10.1. The van der Waals surface area contributed by atoms with Crippen molar-refractivity contribution in [2.75, 3.05) is 13.2 Å². The summed E-state index contributed by atoms with van der Waals surface area (Å²) in [5, 5.41) is 0. The number of carbonyl (C=O) groups is 3. The van der Waals surface area contributed by atoms with Crippen molar-refractivity contribution in [2.24, 2.45) is 0 Å². The Morgan fingerprint density at radius 2 is 0.534 bits per heavy atom. The third-order valence-electron chi connectivity index (χ3n) is 12.7. The Hall–Kier alpha value is -3.93. The molecule has 0 aromatic heterocycles. The first-order valence-corrected chi connectivity index (χ1v) is 30.4. The van der Waals surface area contributed by atoms with Crippen molar-refractivity contribution in [3.05, 3.63) is 109 Å². The highest BCUT2D eigenvalue weighted by Gasteiger charge is 2.19. The molecule has 0 aromatic carbocycles. The van der Waals surface area contributed by atoms with E-state index in [1.54, 1.807) is 0 Å². The fourth-order valence-electron chi connectivity index (χ4n) is 8.18. The molecule has 73 heavy (non-hydrogen) atoms. The number of hydrogen-bond acceptors (Lipinski definition) is 6. The van der Waals surface area contributed by atoms with Gasteiger partial charge in [-0.1, -0.05) is 239 Å². The minimum atomic E-state index is -0.806. The van der Waals surface area contributed by atoms with Gasteiger partial charge in [0.15, 0.2) is 6.10 Å². The van der Waals surface area contributed by atoms with Crippen LogP contribution in [0.15, 0.2) is 109 Å². The molecule has 0 N–H and O–H groups in total. The molecule has 0 aliphatic carbocycles. The van der Waals surface area contributed by atoms with Crippen LogP contribution in [0.4, 0.5) is 0 Å². The van der Waals surface area contributed by atoms with E-state index < -0.39 is 6.10 Å². The summed E-state index contributed by atoms with van der Waals surface area (Å²) >= 11 is 0. The van der Waals surface area contributed by atoms with Crippen molar-refractivity contribution >= 4 is 17.9 Å². The molecule has 1 unspecified atom stereocenters. The van der Waals surface area contributed by atoms with Gasteiger partial charge >= 0.3 is 17.9 Å². The summed E-state index contributed by atoms with van der Waals surface area (Å²) in [5.41, 5.74) is 0. The third-order valence-corrected chi connectivity index (χ3v) is 12.7. The van der Waals surface area contributed by atoms with E-state index in [0.717, 1.165) is 135 Å². The van der Waals surface area contributed by atoms with Gasteiger partial charge in [0, 0.05) is 19.3 Å². The summed E-state index contributed by atoms with van der Waals surface area (Å²) in [7, 11) is 0. The summed E-state index contributed by atoms with van der Waals surface area (Å²) in [6, 6.07) is 0. The van der Waals surface area contributed by atoms with Crippen molar-refractivity contribution in [3.63, 3.8) is 0 Å². The summed E-state index contributed by atoms with van der Waals surface area (Å²) in [4.78, 5) is 38.2. The van der Waals surface area contributed by atoms with Crippen LogP contribution in [0.3, 0.4) is 0 Å². The minimum Gasteiger partial charge on any atom is -0.462 e. The SMILES string of the molecule is CC/C=C\C/C=C\C/C=C\CCCCCC(=O)OCC(COC(=O)CCCCCCCC/C=C\C/C=C\C/C=C\CCCCCCC)OC(=O)CCCCCCCC/C=C\C/C=C\C/C=C\CCCCCCC. The average Bonchev–Trinajstić information content (AvgIpc) is 3.39. The zero-order valence-corrected chi connectivity index (χ0v) is 47.6. The van der Waals surface area contributed by atoms with Crippen LogP contribution in [0.25, 0.3) is 0 Å². The Bertz CT molecular complexity index is 1490. The van der Waals surface area contributed by atoms with E-state index in [1.165, 1.54) is 103 Å². The maximum Gasteiger partial charge on any atom is 0.306 e. The summed E-state index contributed by atoms with van der Waals surface area (Å²) in [6.45, 7) is 6.46. The highest BCUT2D eigenvalue weighted by Crippen LogP contribution is 2.14. The Kier molecular flexibility index (Phi) is 57.4. The molecule has 0 saturated carbocycles. The molecule has 1 atom stereocenters. The molecule has 0 fully saturated rings. The van der Waals surface area contributed by atoms with Crippen LogP contribution in [0.2, 0.25) is 0 Å². The molecule has 0 aromatic rings. The van der Waals surface area contributed by atoms with Crippen LogP contribution < -0.4 is 0 Å². The standard InChI is InChI=1S/C67H112O6/c1-4-7-10-13-16-19-22-25-27-29-31-33-35-37-39-42-45-48-51-54-57-60-66(69)72-63-64(62-71-65(68)59-56-53-50-47-44-41-24-21-18-15-12-9-6-3)73-67(70)61-58-55-52-49-46-43-40-38-36-34-32-30-28-26-23-20-17-14-11-8-5-2/h9,12,18,21-23,25-26,29-32,35-38,41,44,64H,4-8,10-11,13-17,19-20,24,27-28,33-34,39-40,42-43,45-63H2,1-3H3/b12-9-,21-18-,25-22-,26-23-,31-29-,32-30-,37-35-,38-36-,44-41-. The predicted octanol–water partition coefficient (Wildman–Crippen LogP) is 20.7. The maximum absolute atomic E-state index is 12.9. The van der Waals surface area contributed by atoms with Gasteiger partial charge in [0.05, 0.1) is 0 Å². The molecule has 0 aliphatic rings. The van der Waals surface area contributed by atoms with Crippen LogP contribution in [0.5, 0.6) is 0 Å². The monoisotopic (exact) mass is 1010 g/mol. The molecule has 0 heterocycles. The van der Waals surface area contributed by atoms with Crippen molar-refractivity contribution in [2.45, 2.75) is 284 Å². The van der Waals surface area contributed by atoms with E-state index >= 15 is 0 Å². The highest BCUT2D eigenvalue weighted by atomic mass is 16.6. The van der Waals surface area contributed by atoms with Crippen LogP contribution in [0, 0.1) is 0 Å². The number of carbonyl (C=O) groups excluding carboxylic acids is 3. The summed E-state index contributed by atoms with van der Waals surface area (Å²) in [5.74, 6) is -0.953. The van der Waals surface area contributed by atoms with Gasteiger partial charge in [0.1, 0.15) is 13.2 Å². The molecule has 0 bridgehead atoms. The largest absolute Gasteiger partial charge is 0.462 e. The Balaban J connectivity index is 4.44. The normalized spacial score (nSPS) is 12.9. The Morgan fingerprint density at radius 3 is 0.849 bits per heavy atom. The molecule has 0 spiro atoms. The number of unbranched alkanes of at least 4 members (excludes halogenated alkanes) is 25. The zero-order valence-electron chi connectivity index (χ0n) is 47.6. The molecular formula is C67H112O6. The lowest BCUT2D eigenvalue weighted by molar-refractivity contribution is -0.167. The number of rotatable bonds is 54. The molecule has 6 nitrogen and oxygen atoms in total. The maximum atomic E-state index is 12.9. The molecular weight excluding hydrogens is 901 g/mol. The van der Waals surface area contributed by atoms with Crippen molar-refractivity contribution in [1.82, 2.24) is 0 Å². The van der Waals surface area contributed by atoms with Gasteiger partial charge in [-0.2, -0.15) is 0 Å². The van der Waals surface area contributed by atoms with Gasteiger partial charge < -0.3 is 14.2 Å². The molecule has 0 aliphatic heterocycles. The first-order chi connectivity index (χ1) is 36.0. The Labute approximate surface area is 450 Å². The second-order valence-corrected chi connectivity index (χ2v) is 19.9. The molecule has 0 saturated heterocycles. The zero-order chi connectivity index (χ0) is 52.9. The first kappa shape index (κ1) is 69.1. The van der Waals surface area contributed by atoms with Gasteiger partial charge in [0.25, 0.3) is 0 Å². The summed E-state index contributed by atoms with van der Waals surface area (Å²) in [6.07, 6.45) is 82.3. The molecule has 0 radical (unpaired) electrons. The summed E-state index contributed by atoms with van der Waals surface area (Å²) < 4.78 is 16.8. The van der Waals surface area contributed by atoms with E-state index in [1.807, 2.05) is 0 Å². The average molecular weight is 1010 g/mol. The number of esters is 3. The van der Waals surface area contributed by atoms with E-state index in [9.17, 15) is 14.4 Å². The Morgan fingerprint density at radius 1 is 0.288 bits per heavy atom. The number of allylic oxidation sites excluding steroid dienone is 18. The lowest BCUT2D eigenvalue weighted by Gasteiger charge is -2.18. The highest BCUT2D eigenvalue weighted by molar-refractivity contribution is 5.71. The van der Waals surface area contributed by atoms with Gasteiger partial charge in [-0.05, 0) is 128 Å². The van der Waals surface area contributed by atoms with Crippen LogP contribution >= 0.6 is 0 Å². The van der Waals surface area contributed by atoms with E-state index in [2.05, 4.69) is 130 Å². The van der Waals surface area contributed by atoms with Gasteiger partial charge in [-0.25, -0.2) is 0 Å². The van der Waals surface area contributed by atoms with Crippen LogP contribution in [-0.4, -0.2) is 37.2 Å². The molecule has 6 heteroatoms. The van der Waals surface area contributed by atoms with Crippen molar-refractivity contribution < 1.29 is 28.6 Å². The van der Waals surface area contributed by atoms with E-state index in [-0.39, 0.29) is 31.1 Å². The van der Waals surface area contributed by atoms with E-state index in [4.69, 9.17) is 14.2 Å². The predicted molar refractivity (Wildman–Crippen MR) is 316 cm³/mol. The smallest absolute Gasteiger partial charge is 0.306 e. The van der Waals surface area contributed by atoms with Gasteiger partial charge in [-0.3, -0.25) is 14.4 Å². The number of hydrogen-bond donors (Lipinski definition) is 0. The van der Waals surface area contributed by atoms with Crippen LogP contribution in [0.1, 0.15) is 278 Å². The second kappa shape index (κ2) is 60.6. The fraction of sp³-hybridized carbons (Fsp3) is 0.687. The topological polar surface area (TPSA) is 78.9 Å². The lowest BCUT2D eigenvalue weighted by Crippen LogP contribution is -2.30. The molecule has 0 rings (SSSR count). The van der Waals surface area contributed by atoms with E-state index in [0.29, 0.717) is 19.3 Å². The first-order valence-electron chi connectivity index (χ1n) is 30.4. The fourth-order valence-corrected chi connectivity index (χ4v) is 8.18. The minimum absolute atomic E-state index is 0.101. The quantitative estimate of drug-likeness (QED) is 0.0261. The van der Waals surface area contributed by atoms with Gasteiger partial charge in [-0.15, -0.1) is 0 Å². The number of ether oxygens (including phenoxy) is 3. The van der Waals surface area contributed by atoms with Gasteiger partial charge in [0.2, 0.25) is 0 Å². The van der Waals surface area contributed by atoms with Crippen LogP contribution in [-0.2, 0) is 28.6 Å².